The van der Waals surface area contributed by atoms with E-state index in [-0.39, 0.29) is 5.69 Å². The molecule has 1 aromatic heterocycles. The molecule has 1 fully saturated rings. The smallest absolute Gasteiger partial charge is 0.0754 e. The highest BCUT2D eigenvalue weighted by atomic mass is 32.2. The quantitative estimate of drug-likeness (QED) is 0.164. The molecule has 14 rings (SSSR count). The molecule has 1 spiro atoms. The van der Waals surface area contributed by atoms with Crippen LogP contribution >= 0.6 is 23.1 Å². The third-order valence-corrected chi connectivity index (χ3v) is 16.0. The summed E-state index contributed by atoms with van der Waals surface area (Å²) in [5.74, 6) is 0. The van der Waals surface area contributed by atoms with Crippen molar-refractivity contribution in [3.63, 3.8) is 0 Å². The number of thiophene rings is 1. The zero-order valence-electron chi connectivity index (χ0n) is 45.4. The molecule has 2 aliphatic heterocycles. The molecule has 5 heteroatoms. The third-order valence-electron chi connectivity index (χ3n) is 13.6. The van der Waals surface area contributed by atoms with Gasteiger partial charge in [-0.25, -0.2) is 0 Å². The predicted octanol–water partition coefficient (Wildman–Crippen LogP) is 17.6. The van der Waals surface area contributed by atoms with Crippen LogP contribution in [0.5, 0.6) is 0 Å². The van der Waals surface area contributed by atoms with E-state index in [1.54, 1.807) is 11.8 Å². The van der Waals surface area contributed by atoms with Crippen LogP contribution in [0.2, 0.25) is 0 Å². The highest BCUT2D eigenvalue weighted by Crippen LogP contribution is 2.67. The maximum Gasteiger partial charge on any atom is 0.0754 e. The van der Waals surface area contributed by atoms with Gasteiger partial charge in [-0.05, 0) is 125 Å². The molecule has 3 heterocycles. The zero-order valence-corrected chi connectivity index (χ0v) is 37.0. The van der Waals surface area contributed by atoms with Crippen LogP contribution < -0.4 is 14.7 Å². The second-order valence-electron chi connectivity index (χ2n) is 17.0. The van der Waals surface area contributed by atoms with Crippen LogP contribution in [-0.2, 0) is 5.41 Å². The molecule has 9 aromatic carbocycles. The molecule has 0 bridgehead atoms. The number of hydrogen-bond acceptors (Lipinski definition) is 5. The maximum absolute atomic E-state index is 9.58. The van der Waals surface area contributed by atoms with Gasteiger partial charge >= 0.3 is 0 Å². The lowest BCUT2D eigenvalue weighted by Gasteiger charge is -2.47. The molecular weight excluding hydrogens is 839 g/mol. The van der Waals surface area contributed by atoms with Crippen molar-refractivity contribution >= 4 is 88.8 Å². The van der Waals surface area contributed by atoms with E-state index in [2.05, 4.69) is 125 Å². The van der Waals surface area contributed by atoms with Gasteiger partial charge in [0.15, 0.2) is 0 Å². The van der Waals surface area contributed by atoms with Crippen molar-refractivity contribution in [2.24, 2.45) is 0 Å². The molecule has 4 aliphatic rings. The van der Waals surface area contributed by atoms with Gasteiger partial charge in [0.1, 0.15) is 0 Å². The topological polar surface area (TPSA) is 9.72 Å². The fourth-order valence-corrected chi connectivity index (χ4v) is 13.3. The lowest BCUT2D eigenvalue weighted by molar-refractivity contribution is 0.436. The van der Waals surface area contributed by atoms with Gasteiger partial charge in [-0.1, -0.05) is 158 Å². The summed E-state index contributed by atoms with van der Waals surface area (Å²) >= 11 is 3.26. The summed E-state index contributed by atoms with van der Waals surface area (Å²) in [6, 6.07) is 57.3. The fraction of sp³-hybridized carbons (Fsp3) is 0.115. The van der Waals surface area contributed by atoms with Gasteiger partial charge in [0.2, 0.25) is 0 Å². The Morgan fingerprint density at radius 3 is 2.12 bits per heavy atom. The molecule has 0 amide bonds. The van der Waals surface area contributed by atoms with Crippen LogP contribution in [0.1, 0.15) is 67.9 Å². The van der Waals surface area contributed by atoms with Gasteiger partial charge in [0.05, 0.1) is 39.7 Å². The Bertz CT molecular complexity index is 4020. The van der Waals surface area contributed by atoms with E-state index >= 15 is 0 Å². The van der Waals surface area contributed by atoms with E-state index in [4.69, 9.17) is 8.22 Å². The molecule has 5 atom stereocenters. The Labute approximate surface area is 408 Å². The molecule has 66 heavy (non-hydrogen) atoms. The molecule has 316 valence electrons. The zero-order chi connectivity index (χ0) is 52.1. The second kappa shape index (κ2) is 15.0. The van der Waals surface area contributed by atoms with E-state index < -0.39 is 73.7 Å². The number of para-hydroxylation sites is 5. The minimum Gasteiger partial charge on any atom is -0.337 e. The predicted molar refractivity (Wildman–Crippen MR) is 279 cm³/mol. The van der Waals surface area contributed by atoms with Crippen molar-refractivity contribution in [2.75, 3.05) is 14.7 Å². The van der Waals surface area contributed by atoms with Crippen LogP contribution in [0.25, 0.3) is 31.3 Å². The SMILES string of the molecule is [2H]c1c([2H])c([2H])c(N(c2cc(N(c3ccccc3)c3ccc4c(c3)-c3ccccc3C43c4ccccc4N4c5ccccc5Sc5cccc3c54)cc3c2sc2ccccc23)C2C([2H])C([2H])C([2H])C([2H])C2[2H])c([2H])c1[2H]. The van der Waals surface area contributed by atoms with Crippen molar-refractivity contribution in [3.8, 4) is 11.1 Å². The second-order valence-corrected chi connectivity index (χ2v) is 19.1. The minimum absolute atomic E-state index is 0.244. The average Bonchev–Trinajstić information content (AvgIpc) is 4.14. The Morgan fingerprint density at radius 1 is 0.530 bits per heavy atom. The van der Waals surface area contributed by atoms with E-state index in [1.807, 2.05) is 60.7 Å². The van der Waals surface area contributed by atoms with Crippen LogP contribution in [0.15, 0.2) is 216 Å². The summed E-state index contributed by atoms with van der Waals surface area (Å²) in [5, 5.41) is 1.72. The molecule has 10 aromatic rings. The van der Waals surface area contributed by atoms with Crippen LogP contribution in [0.3, 0.4) is 0 Å². The lowest BCUT2D eigenvalue weighted by atomic mass is 9.64. The van der Waals surface area contributed by atoms with Crippen LogP contribution in [0, 0.1) is 0 Å². The van der Waals surface area contributed by atoms with E-state index in [9.17, 15) is 5.48 Å². The number of anilines is 8. The summed E-state index contributed by atoms with van der Waals surface area (Å²) in [6.07, 6.45) is -7.13. The minimum atomic E-state index is -1.47. The Hall–Kier alpha value is -7.05. The Kier molecular flexibility index (Phi) is 6.70. The van der Waals surface area contributed by atoms with Crippen LogP contribution in [-0.4, -0.2) is 6.04 Å². The van der Waals surface area contributed by atoms with E-state index in [1.165, 1.54) is 48.4 Å². The van der Waals surface area contributed by atoms with Gasteiger partial charge in [-0.3, -0.25) is 0 Å². The van der Waals surface area contributed by atoms with E-state index in [0.29, 0.717) is 16.1 Å². The molecular formula is C61H45N3S2. The molecule has 0 saturated heterocycles. The lowest BCUT2D eigenvalue weighted by Crippen LogP contribution is -2.37. The monoisotopic (exact) mass is 893 g/mol. The van der Waals surface area contributed by atoms with Crippen molar-refractivity contribution in [1.82, 2.24) is 0 Å². The van der Waals surface area contributed by atoms with Crippen molar-refractivity contribution < 1.29 is 13.7 Å². The molecule has 1 saturated carbocycles. The molecule has 5 unspecified atom stereocenters. The molecule has 0 N–H and O–H groups in total. The summed E-state index contributed by atoms with van der Waals surface area (Å²) < 4.78 is 92.9. The first-order chi connectivity index (χ1) is 36.9. The highest BCUT2D eigenvalue weighted by molar-refractivity contribution is 7.99. The first-order valence-corrected chi connectivity index (χ1v) is 23.9. The standard InChI is InChI=1S/C61H45N3S2/c1-4-19-40(20-5-1)62(44-38-48-46-26-11-16-32-56(46)66-60(48)55(39-44)63(41-21-6-2-7-22-41)42-23-8-3-9-24-42)43-35-36-50-47(37-43)45-25-10-12-27-49(45)61(50)51-28-13-14-30-53(51)64-54-31-15-17-33-57(54)65-58-34-18-29-52(61)59(58)64/h1-2,4-7,10-22,25-39,42H,3,8-9,23-24H2/i2D,3D,6D,7D,8D,9D,21D,22D,23D,24D. The average molecular weight is 894 g/mol. The Morgan fingerprint density at radius 2 is 1.24 bits per heavy atom. The van der Waals surface area contributed by atoms with Crippen molar-refractivity contribution in [3.05, 3.63) is 228 Å². The van der Waals surface area contributed by atoms with Crippen molar-refractivity contribution in [1.29, 1.82) is 0 Å². The number of fused-ring (bicyclic) bond motifs is 14. The normalized spacial score (nSPS) is 25.2. The number of rotatable bonds is 6. The maximum atomic E-state index is 9.58. The summed E-state index contributed by atoms with van der Waals surface area (Å²) in [6.45, 7) is 0. The summed E-state index contributed by atoms with van der Waals surface area (Å²) in [5.41, 5.74) is 12.0. The summed E-state index contributed by atoms with van der Waals surface area (Å²) in [7, 11) is 0. The first kappa shape index (κ1) is 29.5. The molecule has 0 radical (unpaired) electrons. The van der Waals surface area contributed by atoms with Crippen molar-refractivity contribution in [2.45, 2.75) is 53.2 Å². The van der Waals surface area contributed by atoms with E-state index in [0.717, 1.165) is 54.9 Å². The van der Waals surface area contributed by atoms with Gasteiger partial charge in [0, 0.05) is 60.9 Å². The summed E-state index contributed by atoms with van der Waals surface area (Å²) in [4.78, 5) is 8.49. The third kappa shape index (κ3) is 5.51. The van der Waals surface area contributed by atoms with Crippen LogP contribution in [0.4, 0.5) is 45.5 Å². The molecule has 2 aliphatic carbocycles. The first-order valence-electron chi connectivity index (χ1n) is 27.6. The van der Waals surface area contributed by atoms with Gasteiger partial charge in [-0.15, -0.1) is 11.3 Å². The Balaban J connectivity index is 1.04. The fourth-order valence-electron chi connectivity index (χ4n) is 11.1. The largest absolute Gasteiger partial charge is 0.337 e. The molecule has 3 nitrogen and oxygen atoms in total. The van der Waals surface area contributed by atoms with Gasteiger partial charge < -0.3 is 14.7 Å². The number of hydrogen-bond donors (Lipinski definition) is 0. The highest BCUT2D eigenvalue weighted by Gasteiger charge is 2.53. The van der Waals surface area contributed by atoms with Gasteiger partial charge in [0.25, 0.3) is 0 Å². The number of nitrogens with zero attached hydrogens (tertiary/aromatic N) is 3. The van der Waals surface area contributed by atoms with Gasteiger partial charge in [-0.2, -0.15) is 0 Å². The number of benzene rings is 9.